The van der Waals surface area contributed by atoms with Gasteiger partial charge in [0.2, 0.25) is 0 Å². The first-order valence-corrected chi connectivity index (χ1v) is 11.5. The van der Waals surface area contributed by atoms with Crippen LogP contribution in [0, 0.1) is 0 Å². The number of rotatable bonds is 6. The molecule has 0 saturated heterocycles. The van der Waals surface area contributed by atoms with Gasteiger partial charge in [0, 0.05) is 26.2 Å². The maximum absolute atomic E-state index is 11.7. The molecule has 25 heavy (non-hydrogen) atoms. The van der Waals surface area contributed by atoms with Crippen LogP contribution in [0.3, 0.4) is 0 Å². The molecule has 0 bridgehead atoms. The lowest BCUT2D eigenvalue weighted by atomic mass is 10.3. The normalized spacial score (nSPS) is 11.1. The number of methoxy groups -OCH3 is 1. The van der Waals surface area contributed by atoms with E-state index in [9.17, 15) is 4.79 Å². The maximum Gasteiger partial charge on any atom is 0.311 e. The summed E-state index contributed by atoms with van der Waals surface area (Å²) in [5.41, 5.74) is 1.17. The minimum absolute atomic E-state index is 0.259. The molecule has 5 heteroatoms. The minimum Gasteiger partial charge on any atom is -0.493 e. The summed E-state index contributed by atoms with van der Waals surface area (Å²) in [6.07, 6.45) is 0.334. The van der Waals surface area contributed by atoms with E-state index in [1.807, 2.05) is 20.2 Å². The average molecular weight is 358 g/mol. The molecular weight excluding hydrogens is 330 g/mol. The summed E-state index contributed by atoms with van der Waals surface area (Å²) in [7, 11) is 3.69. The zero-order chi connectivity index (χ0) is 18.6. The summed E-state index contributed by atoms with van der Waals surface area (Å²) < 4.78 is 11.1. The molecule has 0 aliphatic heterocycles. The van der Waals surface area contributed by atoms with Crippen LogP contribution in [0.15, 0.2) is 42.5 Å². The smallest absolute Gasteiger partial charge is 0.311 e. The number of carbonyl (C=O) groups excluding carboxylic acids is 1. The molecule has 0 aliphatic rings. The molecule has 0 amide bonds. The van der Waals surface area contributed by atoms with Crippen molar-refractivity contribution in [2.24, 2.45) is 0 Å². The topological polar surface area (TPSA) is 38.8 Å². The molecule has 4 nitrogen and oxygen atoms in total. The first-order chi connectivity index (χ1) is 11.8. The zero-order valence-corrected chi connectivity index (χ0v) is 16.9. The lowest BCUT2D eigenvalue weighted by Crippen LogP contribution is -2.53. The Morgan fingerprint density at radius 3 is 2.24 bits per heavy atom. The van der Waals surface area contributed by atoms with Crippen LogP contribution in [-0.4, -0.2) is 35.2 Å². The second-order valence-electron chi connectivity index (χ2n) is 6.73. The highest BCUT2D eigenvalue weighted by Gasteiger charge is 2.31. The van der Waals surface area contributed by atoms with E-state index in [4.69, 9.17) is 9.47 Å². The van der Waals surface area contributed by atoms with Gasteiger partial charge < -0.3 is 14.4 Å². The van der Waals surface area contributed by atoms with E-state index in [2.05, 4.69) is 48.3 Å². The Morgan fingerprint density at radius 2 is 1.72 bits per heavy atom. The molecular formula is C20H27NO3Si. The molecule has 0 fully saturated rings. The van der Waals surface area contributed by atoms with Crippen molar-refractivity contribution in [3.05, 3.63) is 42.5 Å². The maximum atomic E-state index is 11.7. The second-order valence-corrected chi connectivity index (χ2v) is 11.1. The van der Waals surface area contributed by atoms with Gasteiger partial charge in [-0.25, -0.2) is 0 Å². The van der Waals surface area contributed by atoms with Crippen LogP contribution >= 0.6 is 0 Å². The van der Waals surface area contributed by atoms with Gasteiger partial charge in [-0.15, -0.1) is 0 Å². The van der Waals surface area contributed by atoms with E-state index in [1.165, 1.54) is 10.9 Å². The highest BCUT2D eigenvalue weighted by atomic mass is 28.3. The first-order valence-electron chi connectivity index (χ1n) is 8.47. The average Bonchev–Trinajstić information content (AvgIpc) is 2.61. The van der Waals surface area contributed by atoms with Gasteiger partial charge in [0.15, 0.2) is 11.5 Å². The van der Waals surface area contributed by atoms with Crippen molar-refractivity contribution in [2.75, 3.05) is 26.1 Å². The summed E-state index contributed by atoms with van der Waals surface area (Å²) >= 11 is 0. The molecule has 2 aromatic carbocycles. The van der Waals surface area contributed by atoms with Gasteiger partial charge in [-0.2, -0.15) is 0 Å². The van der Waals surface area contributed by atoms with Gasteiger partial charge in [-0.05, 0) is 23.4 Å². The number of esters is 1. The third-order valence-electron chi connectivity index (χ3n) is 4.47. The molecule has 0 heterocycles. The Hall–Kier alpha value is -2.27. The van der Waals surface area contributed by atoms with Crippen molar-refractivity contribution >= 4 is 30.1 Å². The number of benzene rings is 2. The molecule has 0 aliphatic carbocycles. The Balaban J connectivity index is 2.47. The van der Waals surface area contributed by atoms with Gasteiger partial charge in [-0.1, -0.05) is 49.5 Å². The fourth-order valence-electron chi connectivity index (χ4n) is 2.83. The molecule has 0 radical (unpaired) electrons. The van der Waals surface area contributed by atoms with Crippen LogP contribution in [-0.2, 0) is 4.79 Å². The Morgan fingerprint density at radius 1 is 1.08 bits per heavy atom. The number of anilines is 1. The van der Waals surface area contributed by atoms with Crippen molar-refractivity contribution in [2.45, 2.75) is 26.4 Å². The van der Waals surface area contributed by atoms with Crippen molar-refractivity contribution in [3.63, 3.8) is 0 Å². The predicted octanol–water partition coefficient (Wildman–Crippen LogP) is 2.90. The highest BCUT2D eigenvalue weighted by Crippen LogP contribution is 2.27. The predicted molar refractivity (Wildman–Crippen MR) is 106 cm³/mol. The van der Waals surface area contributed by atoms with Gasteiger partial charge in [0.1, 0.15) is 8.07 Å². The third-order valence-corrected chi connectivity index (χ3v) is 7.99. The number of ether oxygens (including phenoxy) is 2. The number of nitrogens with zero attached hydrogens (tertiary/aromatic N) is 1. The van der Waals surface area contributed by atoms with Crippen molar-refractivity contribution in [1.29, 1.82) is 0 Å². The minimum atomic E-state index is -2.01. The largest absolute Gasteiger partial charge is 0.493 e. The summed E-state index contributed by atoms with van der Waals surface area (Å²) in [6, 6.07) is 14.4. The monoisotopic (exact) mass is 357 g/mol. The molecule has 0 spiro atoms. The molecule has 0 saturated carbocycles. The van der Waals surface area contributed by atoms with Crippen LogP contribution in [0.25, 0.3) is 0 Å². The molecule has 0 unspecified atom stereocenters. The van der Waals surface area contributed by atoms with Crippen LogP contribution in [0.1, 0.15) is 13.3 Å². The number of para-hydroxylation sites is 1. The van der Waals surface area contributed by atoms with Crippen molar-refractivity contribution in [3.8, 4) is 11.5 Å². The number of hydrogen-bond donors (Lipinski definition) is 0. The molecule has 0 atom stereocenters. The summed E-state index contributed by atoms with van der Waals surface area (Å²) in [6.45, 7) is 6.34. The van der Waals surface area contributed by atoms with Crippen LogP contribution in [0.4, 0.5) is 5.69 Å². The SMILES string of the molecule is CCC(=O)Oc1cccc([Si](C)(C)c2ccc(N(C)C)cc2)c1OC. The van der Waals surface area contributed by atoms with Gasteiger partial charge in [-0.3, -0.25) is 4.79 Å². The Labute approximate surface area is 151 Å². The van der Waals surface area contributed by atoms with Crippen molar-refractivity contribution in [1.82, 2.24) is 0 Å². The van der Waals surface area contributed by atoms with E-state index in [-0.39, 0.29) is 5.97 Å². The third kappa shape index (κ3) is 4.04. The molecule has 134 valence electrons. The van der Waals surface area contributed by atoms with Gasteiger partial charge >= 0.3 is 5.97 Å². The van der Waals surface area contributed by atoms with Crippen molar-refractivity contribution < 1.29 is 14.3 Å². The van der Waals surface area contributed by atoms with E-state index >= 15 is 0 Å². The fraction of sp³-hybridized carbons (Fsp3) is 0.350. The first kappa shape index (κ1) is 19.1. The van der Waals surface area contributed by atoms with Crippen LogP contribution in [0.2, 0.25) is 13.1 Å². The molecule has 2 rings (SSSR count). The van der Waals surface area contributed by atoms with E-state index in [0.29, 0.717) is 17.9 Å². The zero-order valence-electron chi connectivity index (χ0n) is 15.9. The number of carbonyl (C=O) groups is 1. The quantitative estimate of drug-likeness (QED) is 0.453. The van der Waals surface area contributed by atoms with Crippen LogP contribution in [0.5, 0.6) is 11.5 Å². The van der Waals surface area contributed by atoms with Gasteiger partial charge in [0.05, 0.1) is 7.11 Å². The second kappa shape index (κ2) is 7.74. The van der Waals surface area contributed by atoms with Gasteiger partial charge in [0.25, 0.3) is 0 Å². The molecule has 0 N–H and O–H groups in total. The van der Waals surface area contributed by atoms with E-state index in [0.717, 1.165) is 5.19 Å². The molecule has 2 aromatic rings. The van der Waals surface area contributed by atoms with E-state index in [1.54, 1.807) is 20.1 Å². The lowest BCUT2D eigenvalue weighted by Gasteiger charge is -2.27. The standard InChI is InChI=1S/C20H27NO3Si/c1-7-19(22)24-17-9-8-10-18(20(17)23-4)25(5,6)16-13-11-15(12-14-16)21(2)3/h8-14H,7H2,1-6H3. The summed E-state index contributed by atoms with van der Waals surface area (Å²) in [5.74, 6) is 0.903. The van der Waals surface area contributed by atoms with E-state index < -0.39 is 8.07 Å². The fourth-order valence-corrected chi connectivity index (χ4v) is 5.44. The molecule has 0 aromatic heterocycles. The summed E-state index contributed by atoms with van der Waals surface area (Å²) in [4.78, 5) is 13.8. The van der Waals surface area contributed by atoms with Crippen LogP contribution < -0.4 is 24.7 Å². The Kier molecular flexibility index (Phi) is 5.90. The number of hydrogen-bond acceptors (Lipinski definition) is 4. The summed E-state index contributed by atoms with van der Waals surface area (Å²) in [5, 5.41) is 2.42. The highest BCUT2D eigenvalue weighted by molar-refractivity contribution is 7.01. The lowest BCUT2D eigenvalue weighted by molar-refractivity contribution is -0.134. The Bertz CT molecular complexity index is 739.